The molecule has 1 amide bonds. The summed E-state index contributed by atoms with van der Waals surface area (Å²) in [5.74, 6) is -0.462. The number of hydrogen-bond donors (Lipinski definition) is 3. The topological polar surface area (TPSA) is 47.2 Å². The normalized spacial score (nSPS) is 19.9. The monoisotopic (exact) mass is 419 g/mol. The molecule has 1 saturated heterocycles. The first-order valence-electron chi connectivity index (χ1n) is 10.4. The van der Waals surface area contributed by atoms with Crippen molar-refractivity contribution in [3.63, 3.8) is 0 Å². The van der Waals surface area contributed by atoms with Crippen LogP contribution in [0.3, 0.4) is 0 Å². The molecule has 2 aromatic rings. The quantitative estimate of drug-likeness (QED) is 0.610. The van der Waals surface area contributed by atoms with Crippen LogP contribution in [0.15, 0.2) is 36.4 Å². The van der Waals surface area contributed by atoms with E-state index in [0.717, 1.165) is 44.5 Å². The van der Waals surface area contributed by atoms with E-state index in [1.54, 1.807) is 14.0 Å². The van der Waals surface area contributed by atoms with E-state index in [-0.39, 0.29) is 5.91 Å². The fourth-order valence-corrected chi connectivity index (χ4v) is 4.08. The molecule has 3 N–H and O–H groups in total. The highest BCUT2D eigenvalue weighted by molar-refractivity contribution is 5.77. The van der Waals surface area contributed by atoms with Crippen molar-refractivity contribution in [3.8, 4) is 5.75 Å². The number of ether oxygens (including phenoxy) is 1. The highest BCUT2D eigenvalue weighted by atomic mass is 19.1. The van der Waals surface area contributed by atoms with E-state index in [0.29, 0.717) is 12.1 Å². The van der Waals surface area contributed by atoms with Gasteiger partial charge in [0.05, 0.1) is 13.2 Å². The first-order chi connectivity index (χ1) is 14.4. The van der Waals surface area contributed by atoms with Gasteiger partial charge in [0.25, 0.3) is 5.91 Å². The zero-order valence-electron chi connectivity index (χ0n) is 17.9. The Kier molecular flexibility index (Phi) is 7.39. The third-order valence-corrected chi connectivity index (χ3v) is 5.76. The van der Waals surface area contributed by atoms with Crippen molar-refractivity contribution < 1.29 is 28.1 Å². The standard InChI is InChI=1S/C23H29F2N3O2/c1-16-4-7-22(30-3)18(12-16)14-27-8-10-28(11-9-27)15-23(29)26-17(2)20-6-5-19(24)13-21(20)25/h4-7,12-13,17H,8-11,14-15H2,1-3H3,(H,26,29)/p+2/t17-/m0/s1. The maximum absolute atomic E-state index is 13.9. The van der Waals surface area contributed by atoms with E-state index in [1.165, 1.54) is 33.1 Å². The number of piperazine rings is 1. The Bertz CT molecular complexity index is 883. The number of benzene rings is 2. The highest BCUT2D eigenvalue weighted by Gasteiger charge is 2.26. The zero-order valence-corrected chi connectivity index (χ0v) is 17.9. The molecule has 0 saturated carbocycles. The second-order valence-electron chi connectivity index (χ2n) is 8.12. The van der Waals surface area contributed by atoms with Gasteiger partial charge in [-0.2, -0.15) is 0 Å². The minimum atomic E-state index is -0.640. The van der Waals surface area contributed by atoms with E-state index in [4.69, 9.17) is 4.74 Å². The largest absolute Gasteiger partial charge is 0.496 e. The van der Waals surface area contributed by atoms with Gasteiger partial charge in [-0.1, -0.05) is 17.7 Å². The van der Waals surface area contributed by atoms with Crippen molar-refractivity contribution in [3.05, 3.63) is 64.7 Å². The fraction of sp³-hybridized carbons (Fsp3) is 0.435. The van der Waals surface area contributed by atoms with E-state index < -0.39 is 17.7 Å². The van der Waals surface area contributed by atoms with Crippen LogP contribution in [0.5, 0.6) is 5.75 Å². The summed E-state index contributed by atoms with van der Waals surface area (Å²) in [6.07, 6.45) is 0. The van der Waals surface area contributed by atoms with Crippen LogP contribution in [0.2, 0.25) is 0 Å². The number of nitrogens with one attached hydrogen (secondary N) is 3. The molecule has 1 heterocycles. The number of carbonyl (C=O) groups excluding carboxylic acids is 1. The second-order valence-corrected chi connectivity index (χ2v) is 8.12. The molecule has 0 bridgehead atoms. The van der Waals surface area contributed by atoms with Crippen LogP contribution in [0.1, 0.15) is 29.7 Å². The lowest BCUT2D eigenvalue weighted by Crippen LogP contribution is -3.28. The van der Waals surface area contributed by atoms with E-state index >= 15 is 0 Å². The van der Waals surface area contributed by atoms with Gasteiger partial charge in [0, 0.05) is 17.2 Å². The molecule has 30 heavy (non-hydrogen) atoms. The van der Waals surface area contributed by atoms with E-state index in [9.17, 15) is 13.6 Å². The maximum atomic E-state index is 13.9. The Labute approximate surface area is 176 Å². The Balaban J connectivity index is 1.47. The molecule has 1 aliphatic rings. The van der Waals surface area contributed by atoms with Gasteiger partial charge >= 0.3 is 0 Å². The molecule has 2 aromatic carbocycles. The van der Waals surface area contributed by atoms with Gasteiger partial charge in [0.2, 0.25) is 0 Å². The molecular weight excluding hydrogens is 388 g/mol. The average Bonchev–Trinajstić information content (AvgIpc) is 2.69. The summed E-state index contributed by atoms with van der Waals surface area (Å²) in [7, 11) is 1.70. The number of methoxy groups -OCH3 is 1. The van der Waals surface area contributed by atoms with E-state index in [2.05, 4.69) is 24.4 Å². The predicted molar refractivity (Wildman–Crippen MR) is 111 cm³/mol. The van der Waals surface area contributed by atoms with Crippen LogP contribution in [-0.2, 0) is 11.3 Å². The van der Waals surface area contributed by atoms with Crippen molar-refractivity contribution in [2.24, 2.45) is 0 Å². The molecule has 1 aliphatic heterocycles. The first-order valence-corrected chi connectivity index (χ1v) is 10.4. The van der Waals surface area contributed by atoms with Crippen molar-refractivity contribution in [2.75, 3.05) is 39.8 Å². The Morgan fingerprint density at radius 2 is 1.80 bits per heavy atom. The summed E-state index contributed by atoms with van der Waals surface area (Å²) in [5, 5.41) is 2.83. The smallest absolute Gasteiger partial charge is 0.275 e. The number of aryl methyl sites for hydroxylation is 1. The summed E-state index contributed by atoms with van der Waals surface area (Å²) >= 11 is 0. The van der Waals surface area contributed by atoms with Gasteiger partial charge < -0.3 is 19.9 Å². The molecule has 3 rings (SSSR count). The number of halogens is 2. The fourth-order valence-electron chi connectivity index (χ4n) is 4.08. The highest BCUT2D eigenvalue weighted by Crippen LogP contribution is 2.19. The van der Waals surface area contributed by atoms with Crippen LogP contribution in [0.25, 0.3) is 0 Å². The summed E-state index contributed by atoms with van der Waals surface area (Å²) in [4.78, 5) is 15.1. The summed E-state index contributed by atoms with van der Waals surface area (Å²) < 4.78 is 32.5. The van der Waals surface area contributed by atoms with Crippen LogP contribution >= 0.6 is 0 Å². The molecule has 1 atom stereocenters. The van der Waals surface area contributed by atoms with E-state index in [1.807, 2.05) is 6.07 Å². The number of hydrogen-bond acceptors (Lipinski definition) is 2. The molecule has 1 fully saturated rings. The van der Waals surface area contributed by atoms with Gasteiger partial charge in [-0.05, 0) is 32.0 Å². The summed E-state index contributed by atoms with van der Waals surface area (Å²) in [6.45, 7) is 8.80. The lowest BCUT2D eigenvalue weighted by Gasteiger charge is -2.30. The van der Waals surface area contributed by atoms with Gasteiger partial charge in [0.1, 0.15) is 50.1 Å². The molecule has 0 unspecified atom stereocenters. The Hall–Kier alpha value is -2.51. The van der Waals surface area contributed by atoms with Crippen LogP contribution in [0, 0.1) is 18.6 Å². The van der Waals surface area contributed by atoms with Crippen LogP contribution in [0.4, 0.5) is 8.78 Å². The van der Waals surface area contributed by atoms with Crippen LogP contribution < -0.4 is 19.9 Å². The van der Waals surface area contributed by atoms with Gasteiger partial charge in [-0.15, -0.1) is 0 Å². The average molecular weight is 420 g/mol. The van der Waals surface area contributed by atoms with Gasteiger partial charge in [-0.25, -0.2) is 8.78 Å². The molecule has 0 spiro atoms. The zero-order chi connectivity index (χ0) is 21.7. The number of amides is 1. The van der Waals surface area contributed by atoms with Crippen molar-refractivity contribution in [2.45, 2.75) is 26.4 Å². The lowest BCUT2D eigenvalue weighted by molar-refractivity contribution is -1.02. The van der Waals surface area contributed by atoms with Crippen molar-refractivity contribution in [1.82, 2.24) is 5.32 Å². The predicted octanol–water partition coefficient (Wildman–Crippen LogP) is 0.443. The SMILES string of the molecule is COc1ccc(C)cc1C[NH+]1CC[NH+](CC(=O)N[C@@H](C)c2ccc(F)cc2F)CC1. The first kappa shape index (κ1) is 22.2. The molecule has 0 aliphatic carbocycles. The lowest BCUT2D eigenvalue weighted by atomic mass is 10.1. The minimum absolute atomic E-state index is 0.120. The van der Waals surface area contributed by atoms with Gasteiger partial charge in [-0.3, -0.25) is 4.79 Å². The Morgan fingerprint density at radius 1 is 1.10 bits per heavy atom. The maximum Gasteiger partial charge on any atom is 0.275 e. The van der Waals surface area contributed by atoms with Crippen molar-refractivity contribution in [1.29, 1.82) is 0 Å². The number of quaternary nitrogens is 2. The molecular formula is C23H31F2N3O2+2. The molecule has 5 nitrogen and oxygen atoms in total. The molecule has 0 aromatic heterocycles. The molecule has 162 valence electrons. The molecule has 0 radical (unpaired) electrons. The van der Waals surface area contributed by atoms with Gasteiger partial charge in [0.15, 0.2) is 6.54 Å². The third kappa shape index (κ3) is 5.77. The Morgan fingerprint density at radius 3 is 2.47 bits per heavy atom. The summed E-state index contributed by atoms with van der Waals surface area (Å²) in [5.41, 5.74) is 2.72. The number of rotatable bonds is 7. The summed E-state index contributed by atoms with van der Waals surface area (Å²) in [6, 6.07) is 9.17. The molecule has 7 heteroatoms. The number of carbonyl (C=O) groups is 1. The van der Waals surface area contributed by atoms with Crippen molar-refractivity contribution >= 4 is 5.91 Å². The minimum Gasteiger partial charge on any atom is -0.496 e. The van der Waals surface area contributed by atoms with Crippen LogP contribution in [-0.4, -0.2) is 45.7 Å². The second kappa shape index (κ2) is 10.00. The third-order valence-electron chi connectivity index (χ3n) is 5.76.